The van der Waals surface area contributed by atoms with Crippen LogP contribution in [-0.4, -0.2) is 22.1 Å². The largest absolute Gasteiger partial charge is 0.494 e. The molecule has 0 saturated heterocycles. The van der Waals surface area contributed by atoms with Gasteiger partial charge in [-0.05, 0) is 66.6 Å². The molecule has 3 aromatic carbocycles. The number of fused-ring (bicyclic) bond motifs is 3. The van der Waals surface area contributed by atoms with Crippen molar-refractivity contribution < 1.29 is 9.53 Å². The number of rotatable bonds is 4. The van der Waals surface area contributed by atoms with Gasteiger partial charge in [0.1, 0.15) is 5.75 Å². The van der Waals surface area contributed by atoms with Gasteiger partial charge in [0, 0.05) is 22.6 Å². The van der Waals surface area contributed by atoms with Gasteiger partial charge in [-0.3, -0.25) is 0 Å². The summed E-state index contributed by atoms with van der Waals surface area (Å²) in [4.78, 5) is 15.5. The molecule has 0 radical (unpaired) electrons. The summed E-state index contributed by atoms with van der Waals surface area (Å²) in [6.45, 7) is 3.03. The van der Waals surface area contributed by atoms with E-state index in [0.717, 1.165) is 28.3 Å². The lowest BCUT2D eigenvalue weighted by atomic mass is 10.0. The summed E-state index contributed by atoms with van der Waals surface area (Å²) in [5.41, 5.74) is 4.83. The van der Waals surface area contributed by atoms with Crippen LogP contribution in [0.25, 0.3) is 5.69 Å². The summed E-state index contributed by atoms with van der Waals surface area (Å²) in [5.74, 6) is 0.809. The predicted molar refractivity (Wildman–Crippen MR) is 131 cm³/mol. The summed E-state index contributed by atoms with van der Waals surface area (Å²) in [6.07, 6.45) is 2.05. The number of nitrogens with zero attached hydrogens (tertiary/aromatic N) is 2. The van der Waals surface area contributed by atoms with E-state index in [1.165, 1.54) is 0 Å². The number of urea groups is 1. The number of amides is 2. The van der Waals surface area contributed by atoms with Crippen molar-refractivity contribution in [1.82, 2.24) is 9.47 Å². The van der Waals surface area contributed by atoms with Gasteiger partial charge < -0.3 is 19.5 Å². The predicted octanol–water partition coefficient (Wildman–Crippen LogP) is 6.67. The Hall–Kier alpha value is -3.70. The molecule has 5 rings (SSSR count). The van der Waals surface area contributed by atoms with Crippen molar-refractivity contribution in [3.05, 3.63) is 113 Å². The topological polar surface area (TPSA) is 46.5 Å². The molecule has 1 aliphatic heterocycles. The molecule has 0 spiro atoms. The van der Waals surface area contributed by atoms with Crippen LogP contribution in [0.4, 0.5) is 10.5 Å². The number of halogens is 1. The van der Waals surface area contributed by atoms with Gasteiger partial charge in [-0.2, -0.15) is 0 Å². The van der Waals surface area contributed by atoms with E-state index < -0.39 is 0 Å². The molecule has 2 amide bonds. The number of benzene rings is 3. The minimum atomic E-state index is -0.290. The molecule has 33 heavy (non-hydrogen) atoms. The maximum absolute atomic E-state index is 13.7. The fourth-order valence-electron chi connectivity index (χ4n) is 4.36. The molecule has 4 aromatic rings. The zero-order chi connectivity index (χ0) is 22.8. The fraction of sp³-hybridized carbons (Fsp3) is 0.148. The van der Waals surface area contributed by atoms with Crippen LogP contribution in [0.2, 0.25) is 5.02 Å². The second-order valence-corrected chi connectivity index (χ2v) is 8.34. The highest BCUT2D eigenvalue weighted by Gasteiger charge is 2.33. The van der Waals surface area contributed by atoms with Crippen LogP contribution in [0.1, 0.15) is 29.8 Å². The molecule has 1 unspecified atom stereocenters. The zero-order valence-electron chi connectivity index (χ0n) is 18.2. The highest BCUT2D eigenvalue weighted by Crippen LogP contribution is 2.37. The number of aromatic nitrogens is 1. The number of anilines is 1. The molecule has 0 fully saturated rings. The average Bonchev–Trinajstić information content (AvgIpc) is 3.24. The number of hydrogen-bond acceptors (Lipinski definition) is 2. The minimum Gasteiger partial charge on any atom is -0.494 e. The monoisotopic (exact) mass is 457 g/mol. The van der Waals surface area contributed by atoms with Crippen LogP contribution < -0.4 is 10.1 Å². The zero-order valence-corrected chi connectivity index (χ0v) is 19.0. The first-order valence-corrected chi connectivity index (χ1v) is 11.3. The van der Waals surface area contributed by atoms with Crippen molar-refractivity contribution in [2.45, 2.75) is 19.5 Å². The molecule has 6 heteroatoms. The summed E-state index contributed by atoms with van der Waals surface area (Å²) >= 11 is 6.14. The Balaban J connectivity index is 1.60. The van der Waals surface area contributed by atoms with Crippen molar-refractivity contribution in [3.8, 4) is 11.4 Å². The maximum atomic E-state index is 13.7. The standard InChI is InChI=1S/C27H24ClN3O2/c1-2-33-23-14-12-19(13-15-23)26-25-11-6-16-30(25)24-10-4-3-7-20(24)18-31(26)27(32)29-22-9-5-8-21(28)17-22/h3-17,26H,2,18H2,1H3,(H,29,32). The van der Waals surface area contributed by atoms with Gasteiger partial charge in [-0.1, -0.05) is 48.0 Å². The highest BCUT2D eigenvalue weighted by atomic mass is 35.5. The Bertz CT molecular complexity index is 1280. The second kappa shape index (κ2) is 9.04. The van der Waals surface area contributed by atoms with Crippen molar-refractivity contribution in [3.63, 3.8) is 0 Å². The van der Waals surface area contributed by atoms with Crippen molar-refractivity contribution in [1.29, 1.82) is 0 Å². The smallest absolute Gasteiger partial charge is 0.322 e. The van der Waals surface area contributed by atoms with Crippen LogP contribution in [0.3, 0.4) is 0 Å². The fourth-order valence-corrected chi connectivity index (χ4v) is 4.55. The van der Waals surface area contributed by atoms with E-state index in [1.807, 2.05) is 72.6 Å². The molecular weight excluding hydrogens is 434 g/mol. The van der Waals surface area contributed by atoms with E-state index in [1.54, 1.807) is 12.1 Å². The van der Waals surface area contributed by atoms with Gasteiger partial charge in [0.05, 0.1) is 24.9 Å². The third-order valence-corrected chi connectivity index (χ3v) is 6.04. The minimum absolute atomic E-state index is 0.194. The van der Waals surface area contributed by atoms with E-state index in [0.29, 0.717) is 23.9 Å². The Morgan fingerprint density at radius 2 is 1.85 bits per heavy atom. The molecule has 2 heterocycles. The molecular formula is C27H24ClN3O2. The van der Waals surface area contributed by atoms with Gasteiger partial charge in [-0.25, -0.2) is 4.79 Å². The van der Waals surface area contributed by atoms with E-state index in [9.17, 15) is 4.79 Å². The average molecular weight is 458 g/mol. The molecule has 0 saturated carbocycles. The number of ether oxygens (including phenoxy) is 1. The summed E-state index contributed by atoms with van der Waals surface area (Å²) < 4.78 is 7.80. The maximum Gasteiger partial charge on any atom is 0.322 e. The molecule has 1 aliphatic rings. The van der Waals surface area contributed by atoms with Crippen LogP contribution >= 0.6 is 11.6 Å². The molecule has 0 aliphatic carbocycles. The van der Waals surface area contributed by atoms with Crippen LogP contribution in [0.5, 0.6) is 5.75 Å². The van der Waals surface area contributed by atoms with Crippen molar-refractivity contribution in [2.24, 2.45) is 0 Å². The number of carbonyl (C=O) groups is 1. The van der Waals surface area contributed by atoms with Gasteiger partial charge in [0.25, 0.3) is 0 Å². The van der Waals surface area contributed by atoms with Crippen molar-refractivity contribution in [2.75, 3.05) is 11.9 Å². The summed E-state index contributed by atoms with van der Waals surface area (Å²) in [5, 5.41) is 3.61. The van der Waals surface area contributed by atoms with E-state index in [4.69, 9.17) is 16.3 Å². The van der Waals surface area contributed by atoms with Crippen LogP contribution in [-0.2, 0) is 6.54 Å². The molecule has 1 atom stereocenters. The Morgan fingerprint density at radius 1 is 1.03 bits per heavy atom. The van der Waals surface area contributed by atoms with E-state index in [-0.39, 0.29) is 12.1 Å². The molecule has 5 nitrogen and oxygen atoms in total. The Morgan fingerprint density at radius 3 is 2.64 bits per heavy atom. The number of hydrogen-bond donors (Lipinski definition) is 1. The lowest BCUT2D eigenvalue weighted by molar-refractivity contribution is 0.194. The quantitative estimate of drug-likeness (QED) is 0.372. The third-order valence-electron chi connectivity index (χ3n) is 5.81. The summed E-state index contributed by atoms with van der Waals surface area (Å²) in [7, 11) is 0. The second-order valence-electron chi connectivity index (χ2n) is 7.90. The lowest BCUT2D eigenvalue weighted by Crippen LogP contribution is -2.37. The number of nitrogens with one attached hydrogen (secondary N) is 1. The van der Waals surface area contributed by atoms with Crippen molar-refractivity contribution >= 4 is 23.3 Å². The first kappa shape index (κ1) is 21.2. The molecule has 1 N–H and O–H groups in total. The van der Waals surface area contributed by atoms with Gasteiger partial charge in [-0.15, -0.1) is 0 Å². The van der Waals surface area contributed by atoms with Gasteiger partial charge >= 0.3 is 6.03 Å². The lowest BCUT2D eigenvalue weighted by Gasteiger charge is -2.31. The third kappa shape index (κ3) is 4.20. The molecule has 0 bridgehead atoms. The highest BCUT2D eigenvalue weighted by molar-refractivity contribution is 6.30. The first-order valence-electron chi connectivity index (χ1n) is 11.0. The summed E-state index contributed by atoms with van der Waals surface area (Å²) in [6, 6.07) is 27.0. The van der Waals surface area contributed by atoms with Gasteiger partial charge in [0.2, 0.25) is 0 Å². The SMILES string of the molecule is CCOc1ccc(C2c3cccn3-c3ccccc3CN2C(=O)Nc2cccc(Cl)c2)cc1. The normalized spacial score (nSPS) is 14.7. The number of carbonyl (C=O) groups excluding carboxylic acids is 1. The van der Waals surface area contributed by atoms with Crippen LogP contribution in [0.15, 0.2) is 91.1 Å². The van der Waals surface area contributed by atoms with E-state index >= 15 is 0 Å². The molecule has 166 valence electrons. The van der Waals surface area contributed by atoms with Crippen LogP contribution in [0, 0.1) is 0 Å². The Labute approximate surface area is 198 Å². The van der Waals surface area contributed by atoms with Gasteiger partial charge in [0.15, 0.2) is 0 Å². The molecule has 1 aromatic heterocycles. The Kier molecular flexibility index (Phi) is 5.80. The first-order chi connectivity index (χ1) is 16.1. The number of para-hydroxylation sites is 1. The van der Waals surface area contributed by atoms with E-state index in [2.05, 4.69) is 28.1 Å².